The van der Waals surface area contributed by atoms with Gasteiger partial charge in [-0.1, -0.05) is 26.0 Å². The first-order chi connectivity index (χ1) is 12.9. The lowest BCUT2D eigenvalue weighted by atomic mass is 10.2. The van der Waals surface area contributed by atoms with Crippen LogP contribution in [0.5, 0.6) is 0 Å². The molecule has 0 unspecified atom stereocenters. The zero-order chi connectivity index (χ0) is 19.8. The lowest BCUT2D eigenvalue weighted by molar-refractivity contribution is 0.300. The molecule has 0 aliphatic carbocycles. The first-order valence-corrected chi connectivity index (χ1v) is 9.91. The van der Waals surface area contributed by atoms with Crippen LogP contribution in [0, 0.1) is 19.7 Å². The summed E-state index contributed by atoms with van der Waals surface area (Å²) in [6.45, 7) is 12.8. The minimum atomic E-state index is -0.234. The molecule has 1 aromatic heterocycles. The quantitative estimate of drug-likeness (QED) is 0.504. The van der Waals surface area contributed by atoms with Crippen molar-refractivity contribution in [2.24, 2.45) is 0 Å². The fourth-order valence-corrected chi connectivity index (χ4v) is 3.25. The second kappa shape index (κ2) is 10.4. The molecule has 7 heteroatoms. The Morgan fingerprint density at radius 3 is 2.67 bits per heavy atom. The summed E-state index contributed by atoms with van der Waals surface area (Å²) in [5, 5.41) is 11.7. The van der Waals surface area contributed by atoms with Crippen LogP contribution in [0.4, 0.5) is 10.1 Å². The van der Waals surface area contributed by atoms with Gasteiger partial charge in [0.2, 0.25) is 0 Å². The summed E-state index contributed by atoms with van der Waals surface area (Å²) in [5.74, 6) is -0.234. The smallest absolute Gasteiger partial charge is 0.170 e. The maximum absolute atomic E-state index is 13.4. The lowest BCUT2D eigenvalue weighted by Gasteiger charge is -2.18. The molecule has 1 heterocycles. The van der Waals surface area contributed by atoms with Gasteiger partial charge in [-0.15, -0.1) is 0 Å². The highest BCUT2D eigenvalue weighted by molar-refractivity contribution is 7.80. The largest absolute Gasteiger partial charge is 0.362 e. The maximum Gasteiger partial charge on any atom is 0.170 e. The minimum absolute atomic E-state index is 0.234. The van der Waals surface area contributed by atoms with Gasteiger partial charge in [0.25, 0.3) is 0 Å². The third-order valence-electron chi connectivity index (χ3n) is 4.67. The van der Waals surface area contributed by atoms with E-state index in [0.29, 0.717) is 11.7 Å². The van der Waals surface area contributed by atoms with Gasteiger partial charge in [-0.25, -0.2) is 4.39 Å². The summed E-state index contributed by atoms with van der Waals surface area (Å²) in [6.07, 6.45) is 1.04. The second-order valence-electron chi connectivity index (χ2n) is 6.59. The Morgan fingerprint density at radius 1 is 1.26 bits per heavy atom. The summed E-state index contributed by atoms with van der Waals surface area (Å²) in [6, 6.07) is 6.59. The van der Waals surface area contributed by atoms with E-state index in [0.717, 1.165) is 55.2 Å². The van der Waals surface area contributed by atoms with Gasteiger partial charge in [0, 0.05) is 6.54 Å². The number of hydrogen-bond donors (Lipinski definition) is 2. The van der Waals surface area contributed by atoms with Crippen molar-refractivity contribution in [2.45, 2.75) is 40.7 Å². The summed E-state index contributed by atoms with van der Waals surface area (Å²) >= 11 is 5.42. The standard InChI is InChI=1S/C20H30FN5S/c1-5-25(6-2)12-8-11-22-20(27)23-19-15(3)24-26(16(19)4)14-17-9-7-10-18(21)13-17/h7,9-10,13H,5-6,8,11-12,14H2,1-4H3,(H2,22,23,27). The van der Waals surface area contributed by atoms with Gasteiger partial charge in [-0.2, -0.15) is 5.10 Å². The van der Waals surface area contributed by atoms with Crippen LogP contribution in [0.25, 0.3) is 0 Å². The van der Waals surface area contributed by atoms with E-state index in [1.54, 1.807) is 6.07 Å². The van der Waals surface area contributed by atoms with E-state index in [4.69, 9.17) is 12.2 Å². The molecule has 0 radical (unpaired) electrons. The van der Waals surface area contributed by atoms with Crippen LogP contribution in [0.3, 0.4) is 0 Å². The van der Waals surface area contributed by atoms with Gasteiger partial charge in [-0.3, -0.25) is 4.68 Å². The van der Waals surface area contributed by atoms with Crippen molar-refractivity contribution in [1.82, 2.24) is 20.0 Å². The number of aromatic nitrogens is 2. The molecule has 2 aromatic rings. The van der Waals surface area contributed by atoms with E-state index in [-0.39, 0.29) is 5.82 Å². The Kier molecular flexibility index (Phi) is 8.19. The van der Waals surface area contributed by atoms with Crippen molar-refractivity contribution < 1.29 is 4.39 Å². The molecule has 0 aliphatic heterocycles. The predicted octanol–water partition coefficient (Wildman–Crippen LogP) is 3.71. The average molecular weight is 392 g/mol. The van der Waals surface area contributed by atoms with Crippen molar-refractivity contribution in [3.05, 3.63) is 47.0 Å². The predicted molar refractivity (Wildman–Crippen MR) is 114 cm³/mol. The first kappa shape index (κ1) is 21.3. The van der Waals surface area contributed by atoms with Crippen LogP contribution in [0.2, 0.25) is 0 Å². The van der Waals surface area contributed by atoms with Gasteiger partial charge in [-0.05, 0) is 69.8 Å². The summed E-state index contributed by atoms with van der Waals surface area (Å²) < 4.78 is 15.3. The molecule has 2 rings (SSSR count). The third kappa shape index (κ3) is 6.29. The number of thiocarbonyl (C=S) groups is 1. The molecular weight excluding hydrogens is 361 g/mol. The Balaban J connectivity index is 1.91. The molecule has 0 aliphatic rings. The second-order valence-corrected chi connectivity index (χ2v) is 7.00. The number of aryl methyl sites for hydroxylation is 1. The Labute approximate surface area is 166 Å². The molecule has 27 heavy (non-hydrogen) atoms. The van der Waals surface area contributed by atoms with Crippen LogP contribution < -0.4 is 10.6 Å². The van der Waals surface area contributed by atoms with Crippen LogP contribution >= 0.6 is 12.2 Å². The average Bonchev–Trinajstić information content (AvgIpc) is 2.89. The molecule has 0 saturated carbocycles. The summed E-state index contributed by atoms with van der Waals surface area (Å²) in [4.78, 5) is 2.39. The fraction of sp³-hybridized carbons (Fsp3) is 0.500. The van der Waals surface area contributed by atoms with Crippen LogP contribution in [0.1, 0.15) is 37.2 Å². The Bertz CT molecular complexity index is 755. The number of halogens is 1. The van der Waals surface area contributed by atoms with E-state index in [9.17, 15) is 4.39 Å². The van der Waals surface area contributed by atoms with Crippen molar-refractivity contribution in [3.63, 3.8) is 0 Å². The number of rotatable bonds is 9. The van der Waals surface area contributed by atoms with Gasteiger partial charge in [0.05, 0.1) is 23.6 Å². The SMILES string of the molecule is CCN(CC)CCCNC(=S)Nc1c(C)nn(Cc2cccc(F)c2)c1C. The minimum Gasteiger partial charge on any atom is -0.362 e. The highest BCUT2D eigenvalue weighted by Gasteiger charge is 2.13. The lowest BCUT2D eigenvalue weighted by Crippen LogP contribution is -2.32. The first-order valence-electron chi connectivity index (χ1n) is 9.50. The number of anilines is 1. The maximum atomic E-state index is 13.4. The van der Waals surface area contributed by atoms with E-state index in [1.807, 2.05) is 24.6 Å². The molecule has 1 aromatic carbocycles. The number of nitrogens with zero attached hydrogens (tertiary/aromatic N) is 3. The summed E-state index contributed by atoms with van der Waals surface area (Å²) in [7, 11) is 0. The van der Waals surface area contributed by atoms with E-state index < -0.39 is 0 Å². The van der Waals surface area contributed by atoms with E-state index in [2.05, 4.69) is 34.5 Å². The van der Waals surface area contributed by atoms with E-state index in [1.165, 1.54) is 12.1 Å². The molecule has 0 saturated heterocycles. The zero-order valence-electron chi connectivity index (χ0n) is 16.7. The van der Waals surface area contributed by atoms with Crippen molar-refractivity contribution in [3.8, 4) is 0 Å². The molecule has 0 fully saturated rings. The third-order valence-corrected chi connectivity index (χ3v) is 4.92. The van der Waals surface area contributed by atoms with Crippen LogP contribution in [-0.2, 0) is 6.54 Å². The van der Waals surface area contributed by atoms with Crippen molar-refractivity contribution in [2.75, 3.05) is 31.5 Å². The molecule has 0 spiro atoms. The highest BCUT2D eigenvalue weighted by Crippen LogP contribution is 2.20. The molecule has 0 bridgehead atoms. The normalized spacial score (nSPS) is 11.0. The molecule has 5 nitrogen and oxygen atoms in total. The molecule has 0 atom stereocenters. The van der Waals surface area contributed by atoms with Crippen molar-refractivity contribution in [1.29, 1.82) is 0 Å². The molecule has 0 amide bonds. The van der Waals surface area contributed by atoms with E-state index >= 15 is 0 Å². The number of benzene rings is 1. The topological polar surface area (TPSA) is 45.1 Å². The van der Waals surface area contributed by atoms with Crippen LogP contribution in [-0.4, -0.2) is 46.0 Å². The number of nitrogens with one attached hydrogen (secondary N) is 2. The van der Waals surface area contributed by atoms with Gasteiger partial charge < -0.3 is 15.5 Å². The Hall–Kier alpha value is -1.99. The zero-order valence-corrected chi connectivity index (χ0v) is 17.5. The van der Waals surface area contributed by atoms with Crippen LogP contribution in [0.15, 0.2) is 24.3 Å². The van der Waals surface area contributed by atoms with Gasteiger partial charge >= 0.3 is 0 Å². The van der Waals surface area contributed by atoms with Gasteiger partial charge in [0.15, 0.2) is 5.11 Å². The Morgan fingerprint density at radius 2 is 2.00 bits per heavy atom. The van der Waals surface area contributed by atoms with Gasteiger partial charge in [0.1, 0.15) is 5.82 Å². The molecular formula is C20H30FN5S. The monoisotopic (exact) mass is 391 g/mol. The van der Waals surface area contributed by atoms with Crippen molar-refractivity contribution >= 4 is 23.0 Å². The molecule has 2 N–H and O–H groups in total. The summed E-state index contributed by atoms with van der Waals surface area (Å²) in [5.41, 5.74) is 3.64. The molecule has 148 valence electrons. The number of hydrogen-bond acceptors (Lipinski definition) is 3. The fourth-order valence-electron chi connectivity index (χ4n) is 3.04. The highest BCUT2D eigenvalue weighted by atomic mass is 32.1.